The Kier molecular flexibility index (Phi) is 15.7. The molecule has 1 aromatic rings. The van der Waals surface area contributed by atoms with Gasteiger partial charge in [0.05, 0.1) is 0 Å². The zero-order valence-electron chi connectivity index (χ0n) is 21.4. The number of ether oxygens (including phenoxy) is 1. The van der Waals surface area contributed by atoms with E-state index in [1.165, 1.54) is 11.1 Å². The van der Waals surface area contributed by atoms with E-state index in [2.05, 4.69) is 55.2 Å². The van der Waals surface area contributed by atoms with Crippen molar-refractivity contribution in [3.05, 3.63) is 66.3 Å². The summed E-state index contributed by atoms with van der Waals surface area (Å²) in [7, 11) is 0. The number of allylic oxidation sites excluding steroid dienone is 3. The highest BCUT2D eigenvalue weighted by Gasteiger charge is 2.26. The Morgan fingerprint density at radius 1 is 1.15 bits per heavy atom. The van der Waals surface area contributed by atoms with E-state index >= 15 is 0 Å². The second kappa shape index (κ2) is 17.0. The van der Waals surface area contributed by atoms with Gasteiger partial charge >= 0.3 is 12.8 Å². The third-order valence-corrected chi connectivity index (χ3v) is 4.78. The summed E-state index contributed by atoms with van der Waals surface area (Å²) >= 11 is 0. The van der Waals surface area contributed by atoms with Crippen LogP contribution in [-0.2, 0) is 4.74 Å². The van der Waals surface area contributed by atoms with Crippen molar-refractivity contribution in [1.29, 1.82) is 0 Å². The second-order valence-electron chi connectivity index (χ2n) is 8.53. The van der Waals surface area contributed by atoms with Gasteiger partial charge in [0.2, 0.25) is 0 Å². The van der Waals surface area contributed by atoms with Crippen molar-refractivity contribution >= 4 is 11.7 Å². The van der Waals surface area contributed by atoms with Crippen molar-refractivity contribution in [3.63, 3.8) is 0 Å². The Morgan fingerprint density at radius 2 is 1.68 bits per heavy atom. The number of likely N-dealkylation sites (tertiary alicyclic amines) is 1. The molecule has 1 aromatic carbocycles. The Labute approximate surface area is 203 Å². The fourth-order valence-corrected chi connectivity index (χ4v) is 3.08. The number of piperidine rings is 1. The second-order valence-corrected chi connectivity index (χ2v) is 8.53. The van der Waals surface area contributed by atoms with E-state index in [9.17, 15) is 18.0 Å². The summed E-state index contributed by atoms with van der Waals surface area (Å²) in [5.74, 6) is 0. The Morgan fingerprint density at radius 3 is 2.15 bits per heavy atom. The number of alkyl halides is 3. The SMILES string of the molecule is C=C/C(=C\C=C(/C)c1ccccc1)CNC1CCN(C(=O)OC(C)(C)C)CC1.CC.FC(F)F. The highest BCUT2D eigenvalue weighted by molar-refractivity contribution is 5.68. The number of carbonyl (C=O) groups is 1. The summed E-state index contributed by atoms with van der Waals surface area (Å²) in [5, 5.41) is 3.60. The lowest BCUT2D eigenvalue weighted by Gasteiger charge is -2.33. The number of halogens is 3. The number of benzene rings is 1. The van der Waals surface area contributed by atoms with Gasteiger partial charge in [-0.05, 0) is 57.2 Å². The molecule has 2 rings (SSSR count). The van der Waals surface area contributed by atoms with Crippen molar-refractivity contribution in [2.45, 2.75) is 72.7 Å². The molecule has 0 bridgehead atoms. The molecular weight excluding hydrogens is 441 g/mol. The van der Waals surface area contributed by atoms with Gasteiger partial charge in [-0.15, -0.1) is 0 Å². The van der Waals surface area contributed by atoms with Crippen molar-refractivity contribution in [2.75, 3.05) is 19.6 Å². The zero-order valence-corrected chi connectivity index (χ0v) is 21.4. The molecule has 1 N–H and O–H groups in total. The van der Waals surface area contributed by atoms with Gasteiger partial charge in [0.15, 0.2) is 0 Å². The van der Waals surface area contributed by atoms with Crippen LogP contribution in [0.15, 0.2) is 60.7 Å². The van der Waals surface area contributed by atoms with Crippen molar-refractivity contribution in [1.82, 2.24) is 10.2 Å². The third-order valence-electron chi connectivity index (χ3n) is 4.78. The molecule has 0 saturated carbocycles. The van der Waals surface area contributed by atoms with E-state index in [0.717, 1.165) is 38.0 Å². The first-order valence-electron chi connectivity index (χ1n) is 11.7. The van der Waals surface area contributed by atoms with Crippen LogP contribution in [-0.4, -0.2) is 48.9 Å². The first-order valence-corrected chi connectivity index (χ1v) is 11.7. The number of nitrogens with one attached hydrogen (secondary N) is 1. The van der Waals surface area contributed by atoms with Gasteiger partial charge in [0.1, 0.15) is 5.60 Å². The summed E-state index contributed by atoms with van der Waals surface area (Å²) in [6.45, 7) is 14.3. The van der Waals surface area contributed by atoms with Gasteiger partial charge in [-0.3, -0.25) is 0 Å². The summed E-state index contributed by atoms with van der Waals surface area (Å²) in [4.78, 5) is 14.0. The lowest BCUT2D eigenvalue weighted by atomic mass is 10.0. The van der Waals surface area contributed by atoms with Crippen LogP contribution in [0, 0.1) is 0 Å². The minimum absolute atomic E-state index is 0.209. The van der Waals surface area contributed by atoms with Crippen molar-refractivity contribution in [2.24, 2.45) is 0 Å². The zero-order chi connectivity index (χ0) is 26.1. The number of hydrogen-bond acceptors (Lipinski definition) is 3. The van der Waals surface area contributed by atoms with Gasteiger partial charge in [-0.1, -0.05) is 69.0 Å². The molecule has 4 nitrogen and oxygen atoms in total. The molecule has 0 radical (unpaired) electrons. The molecule has 1 saturated heterocycles. The summed E-state index contributed by atoms with van der Waals surface area (Å²) in [6, 6.07) is 10.8. The fourth-order valence-electron chi connectivity index (χ4n) is 3.08. The molecule has 0 spiro atoms. The Balaban J connectivity index is 0.00000164. The molecule has 1 aliphatic heterocycles. The molecule has 0 aliphatic carbocycles. The molecule has 7 heteroatoms. The molecule has 0 unspecified atom stereocenters. The third kappa shape index (κ3) is 14.6. The van der Waals surface area contributed by atoms with E-state index in [1.54, 1.807) is 4.90 Å². The molecule has 34 heavy (non-hydrogen) atoms. The van der Waals surface area contributed by atoms with Crippen LogP contribution in [0.2, 0.25) is 0 Å². The van der Waals surface area contributed by atoms with Crippen LogP contribution in [0.3, 0.4) is 0 Å². The summed E-state index contributed by atoms with van der Waals surface area (Å²) < 4.78 is 34.5. The van der Waals surface area contributed by atoms with Gasteiger partial charge in [0.25, 0.3) is 0 Å². The van der Waals surface area contributed by atoms with Crippen molar-refractivity contribution < 1.29 is 22.7 Å². The van der Waals surface area contributed by atoms with Gasteiger partial charge < -0.3 is 15.0 Å². The van der Waals surface area contributed by atoms with Crippen molar-refractivity contribution in [3.8, 4) is 0 Å². The number of amides is 1. The van der Waals surface area contributed by atoms with E-state index in [1.807, 2.05) is 46.8 Å². The van der Waals surface area contributed by atoms with Crippen LogP contribution in [0.25, 0.3) is 5.57 Å². The topological polar surface area (TPSA) is 41.6 Å². The van der Waals surface area contributed by atoms with Crippen LogP contribution < -0.4 is 5.32 Å². The molecule has 1 aliphatic rings. The highest BCUT2D eigenvalue weighted by atomic mass is 19.4. The van der Waals surface area contributed by atoms with E-state index in [-0.39, 0.29) is 6.09 Å². The standard InChI is InChI=1S/C24H34N2O2.C2H6.CHF3/c1-6-20(13-12-19(2)21-10-8-7-9-11-21)18-25-22-14-16-26(17-15-22)23(27)28-24(3,4)5;1-2;2-1(3)4/h6-13,22,25H,1,14-18H2,2-5H3;1-2H3;1H/b19-12+,20-13+;;. The quantitative estimate of drug-likeness (QED) is 0.430. The highest BCUT2D eigenvalue weighted by Crippen LogP contribution is 2.16. The molecule has 1 fully saturated rings. The Hall–Kier alpha value is -2.54. The average molecular weight is 483 g/mol. The van der Waals surface area contributed by atoms with Crippen LogP contribution in [0.4, 0.5) is 18.0 Å². The molecule has 1 amide bonds. The predicted molar refractivity (Wildman–Crippen MR) is 136 cm³/mol. The maximum absolute atomic E-state index is 12.2. The first-order chi connectivity index (χ1) is 16.0. The molecule has 0 atom stereocenters. The Bertz CT molecular complexity index is 761. The van der Waals surface area contributed by atoms with Gasteiger partial charge in [0, 0.05) is 25.7 Å². The maximum atomic E-state index is 12.2. The first kappa shape index (κ1) is 31.5. The molecular formula is C27H41F3N2O2. The molecule has 1 heterocycles. The fraction of sp³-hybridized carbons (Fsp3) is 0.519. The normalized spacial score (nSPS) is 15.1. The van der Waals surface area contributed by atoms with Crippen LogP contribution in [0.1, 0.15) is 59.9 Å². The van der Waals surface area contributed by atoms with E-state index in [4.69, 9.17) is 4.74 Å². The minimum atomic E-state index is -3.67. The maximum Gasteiger partial charge on any atom is 0.410 e. The smallest absolute Gasteiger partial charge is 0.410 e. The number of hydrogen-bond donors (Lipinski definition) is 1. The van der Waals surface area contributed by atoms with Crippen LogP contribution in [0.5, 0.6) is 0 Å². The lowest BCUT2D eigenvalue weighted by molar-refractivity contribution is 0.00811. The number of nitrogens with zero attached hydrogens (tertiary/aromatic N) is 1. The monoisotopic (exact) mass is 482 g/mol. The summed E-state index contributed by atoms with van der Waals surface area (Å²) in [6.07, 6.45) is 7.82. The molecule has 0 aromatic heterocycles. The summed E-state index contributed by atoms with van der Waals surface area (Å²) in [5.41, 5.74) is 3.17. The lowest BCUT2D eigenvalue weighted by Crippen LogP contribution is -2.46. The minimum Gasteiger partial charge on any atom is -0.444 e. The van der Waals surface area contributed by atoms with Gasteiger partial charge in [-0.25, -0.2) is 4.79 Å². The number of carbonyl (C=O) groups excluding carboxylic acids is 1. The van der Waals surface area contributed by atoms with Gasteiger partial charge in [-0.2, -0.15) is 13.2 Å². The molecule has 192 valence electrons. The predicted octanol–water partition coefficient (Wildman–Crippen LogP) is 7.40. The van der Waals surface area contributed by atoms with E-state index in [0.29, 0.717) is 6.04 Å². The number of rotatable bonds is 6. The van der Waals surface area contributed by atoms with Crippen LogP contribution >= 0.6 is 0 Å². The van der Waals surface area contributed by atoms with E-state index < -0.39 is 12.3 Å². The average Bonchev–Trinajstić information content (AvgIpc) is 2.80. The largest absolute Gasteiger partial charge is 0.444 e.